The predicted octanol–water partition coefficient (Wildman–Crippen LogP) is -7.72. The number of aliphatic hydroxyl groups is 4. The van der Waals surface area contributed by atoms with Crippen molar-refractivity contribution in [2.24, 2.45) is 0 Å². The Balaban J connectivity index is 1.23. The highest BCUT2D eigenvalue weighted by Crippen LogP contribution is 2.43. The Morgan fingerprint density at radius 3 is 0.973 bits per heavy atom. The van der Waals surface area contributed by atoms with E-state index in [2.05, 4.69) is 12.5 Å². The van der Waals surface area contributed by atoms with E-state index < -0.39 is 298 Å². The van der Waals surface area contributed by atoms with Crippen LogP contribution in [0.3, 0.4) is 0 Å². The molecule has 7 aliphatic heterocycles. The van der Waals surface area contributed by atoms with E-state index in [0.29, 0.717) is 6.42 Å². The first-order valence-electron chi connectivity index (χ1n) is 32.6. The van der Waals surface area contributed by atoms with Gasteiger partial charge in [-0.05, 0) is 13.8 Å². The Morgan fingerprint density at radius 1 is 0.297 bits per heavy atom. The van der Waals surface area contributed by atoms with Crippen molar-refractivity contribution in [1.29, 1.82) is 0 Å². The van der Waals surface area contributed by atoms with Crippen LogP contribution in [-0.2, 0) is 201 Å². The van der Waals surface area contributed by atoms with Gasteiger partial charge in [-0.15, -0.1) is 0 Å². The van der Waals surface area contributed by atoms with Crippen LogP contribution in [0, 0.1) is 0 Å². The second kappa shape index (κ2) is 40.9. The summed E-state index contributed by atoms with van der Waals surface area (Å²) in [5, 5.41) is 44.5. The average Bonchev–Trinajstić information content (AvgIpc) is 0.755. The van der Waals surface area contributed by atoms with Gasteiger partial charge in [0.1, 0.15) is 140 Å². The fraction of sp³-hybridized carbons (Fsp3) is 1.00. The number of methoxy groups -OCH3 is 11. The summed E-state index contributed by atoms with van der Waals surface area (Å²) in [6.07, 6.45) is -65.9. The first-order chi connectivity index (χ1) is 51.7. The van der Waals surface area contributed by atoms with Crippen molar-refractivity contribution in [2.75, 3.05) is 105 Å². The van der Waals surface area contributed by atoms with Crippen LogP contribution < -0.4 is 0 Å². The Hall–Kier alpha value is -1.90. The van der Waals surface area contributed by atoms with Gasteiger partial charge in [0, 0.05) is 84.6 Å². The number of rotatable bonds is 40. The highest BCUT2D eigenvalue weighted by molar-refractivity contribution is 7.82. The lowest BCUT2D eigenvalue weighted by atomic mass is 9.94. The Morgan fingerprint density at radius 2 is 0.604 bits per heavy atom. The van der Waals surface area contributed by atoms with Gasteiger partial charge in [0.05, 0.1) is 44.7 Å². The molecule has 0 aliphatic carbocycles. The van der Waals surface area contributed by atoms with E-state index in [1.165, 1.54) is 28.4 Å². The maximum absolute atomic E-state index is 13.1. The summed E-state index contributed by atoms with van der Waals surface area (Å²) < 4.78 is 379. The Bertz CT molecular complexity index is 3590. The van der Waals surface area contributed by atoms with Crippen LogP contribution >= 0.6 is 0 Å². The predicted molar refractivity (Wildman–Crippen MR) is 344 cm³/mol. The van der Waals surface area contributed by atoms with E-state index in [9.17, 15) is 98.2 Å². The maximum atomic E-state index is 13.1. The summed E-state index contributed by atoms with van der Waals surface area (Å²) >= 11 is 0. The van der Waals surface area contributed by atoms with Crippen LogP contribution in [-0.4, -0.2) is 418 Å². The van der Waals surface area contributed by atoms with E-state index in [1.807, 2.05) is 0 Å². The van der Waals surface area contributed by atoms with Gasteiger partial charge >= 0.3 is 62.4 Å². The molecule has 111 heavy (non-hydrogen) atoms. The molecule has 0 saturated carbocycles. The third-order valence-corrected chi connectivity index (χ3v) is 21.0. The van der Waals surface area contributed by atoms with E-state index in [1.54, 1.807) is 13.8 Å². The van der Waals surface area contributed by atoms with E-state index in [4.69, 9.17) is 126 Å². The zero-order valence-corrected chi connectivity index (χ0v) is 65.7. The molecule has 7 heterocycles. The molecule has 7 rings (SSSR count). The van der Waals surface area contributed by atoms with Crippen LogP contribution in [0.2, 0.25) is 0 Å². The van der Waals surface area contributed by atoms with Crippen LogP contribution in [0.15, 0.2) is 0 Å². The third-order valence-electron chi connectivity index (χ3n) is 18.3. The molecule has 0 aromatic heterocycles. The van der Waals surface area contributed by atoms with Crippen molar-refractivity contribution in [3.05, 3.63) is 0 Å². The van der Waals surface area contributed by atoms with E-state index in [0.717, 1.165) is 49.8 Å². The summed E-state index contributed by atoms with van der Waals surface area (Å²) in [7, 11) is -21.8. The largest absolute Gasteiger partial charge is 0.397 e. The van der Waals surface area contributed by atoms with Gasteiger partial charge in [0.25, 0.3) is 0 Å². The maximum Gasteiger partial charge on any atom is 0.397 e. The van der Waals surface area contributed by atoms with Crippen LogP contribution in [0.1, 0.15) is 20.3 Å². The van der Waals surface area contributed by atoms with Crippen LogP contribution in [0.5, 0.6) is 0 Å². The summed E-state index contributed by atoms with van der Waals surface area (Å²) in [5.41, 5.74) is 0. The molecule has 0 radical (unpaired) electrons. The third kappa shape index (κ3) is 25.6. The molecular formula is C53H94O52S6. The molecule has 10 N–H and O–H groups in total. The second-order valence-electron chi connectivity index (χ2n) is 25.0. The molecular weight excluding hydrogens is 1660 g/mol. The molecule has 33 atom stereocenters. The molecule has 0 spiro atoms. The minimum absolute atomic E-state index is 0.363. The number of hydrogen-bond acceptors (Lipinski definition) is 46. The lowest BCUT2D eigenvalue weighted by Gasteiger charge is -2.52. The average molecular weight is 1760 g/mol. The van der Waals surface area contributed by atoms with Crippen LogP contribution in [0.4, 0.5) is 0 Å². The zero-order chi connectivity index (χ0) is 83.0. The monoisotopic (exact) mass is 1750 g/mol. The molecule has 52 nitrogen and oxygen atoms in total. The van der Waals surface area contributed by atoms with Crippen molar-refractivity contribution in [1.82, 2.24) is 0 Å². The van der Waals surface area contributed by atoms with Crippen molar-refractivity contribution in [3.63, 3.8) is 0 Å². The van der Waals surface area contributed by atoms with Crippen molar-refractivity contribution in [2.45, 2.75) is 235 Å². The second-order valence-corrected chi connectivity index (χ2v) is 31.5. The van der Waals surface area contributed by atoms with Gasteiger partial charge in [-0.2, -0.15) is 50.5 Å². The topological polar surface area (TPSA) is 684 Å². The van der Waals surface area contributed by atoms with Gasteiger partial charge in [-0.1, -0.05) is 0 Å². The summed E-state index contributed by atoms with van der Waals surface area (Å²) in [5.74, 6) is 0. The number of aliphatic hydroxyl groups excluding tert-OH is 2. The molecule has 0 amide bonds. The highest BCUT2D eigenvalue weighted by Gasteiger charge is 2.63. The van der Waals surface area contributed by atoms with Crippen molar-refractivity contribution >= 4 is 62.4 Å². The minimum Gasteiger partial charge on any atom is -0.378 e. The van der Waals surface area contributed by atoms with Crippen LogP contribution in [0.25, 0.3) is 0 Å². The van der Waals surface area contributed by atoms with Crippen molar-refractivity contribution < 1.29 is 237 Å². The molecule has 1 unspecified atom stereocenters. The molecule has 0 bridgehead atoms. The van der Waals surface area contributed by atoms with Gasteiger partial charge in [0.2, 0.25) is 0 Å². The van der Waals surface area contributed by atoms with Crippen molar-refractivity contribution in [3.8, 4) is 0 Å². The van der Waals surface area contributed by atoms with Gasteiger partial charge < -0.3 is 134 Å². The first kappa shape index (κ1) is 96.2. The van der Waals surface area contributed by atoms with E-state index in [-0.39, 0.29) is 6.10 Å². The Kier molecular flexibility index (Phi) is 35.5. The summed E-state index contributed by atoms with van der Waals surface area (Å²) in [6.45, 7) is -1.47. The number of hydrogen-bond donors (Lipinski definition) is 10. The summed E-state index contributed by atoms with van der Waals surface area (Å²) in [6, 6.07) is 0. The molecule has 58 heteroatoms. The Labute approximate surface area is 636 Å². The molecule has 7 aliphatic rings. The molecule has 654 valence electrons. The fourth-order valence-corrected chi connectivity index (χ4v) is 16.1. The lowest BCUT2D eigenvalue weighted by Crippen LogP contribution is -2.70. The van der Waals surface area contributed by atoms with Gasteiger partial charge in [-0.25, -0.2) is 25.1 Å². The molecule has 0 aromatic rings. The molecule has 7 fully saturated rings. The SMILES string of the molecule is CO[C@@H]1[C@@H](OC)[C@H](O[C@H]2[C@H](OS(=O)(=O)O)[C@@H](OS(=O)(=O)O)[C@@H](O[C@H]3[C@H](OC)[C@@H](OC)[C@H](O[C@H]4[C@H](OC)[C@@H](OS(=O)(=O)O)CO[C@@H]4COS(=O)(=O)O)O[C@H]3C(O)O)O[C@@H]2COS(=O)(=O)O)O[C@H](C(O)O)[C@H]1O[C@H]1O[C@H](COS(=O)(=O)O)[C@@H](O[C@@H]2O[C@H](C)[C@@H](OC3O[C@H](C)C[C@H](OC)[C@H]3OC)[C@H](OC)[C@H]2OC)[C@H](OC)[C@H]1OC. The van der Waals surface area contributed by atoms with Gasteiger partial charge in [-0.3, -0.25) is 27.3 Å². The smallest absolute Gasteiger partial charge is 0.378 e. The lowest BCUT2D eigenvalue weighted by molar-refractivity contribution is -0.407. The number of ether oxygens (including phenoxy) is 24. The minimum atomic E-state index is -6.16. The standard InChI is InChI=1S/C53H94O52S6/c1-19-14-21(76-3)31(78-5)48(91-19)95-26-20(2)92-49(41(83-10)32(26)79-6)97-29-23(17-89-107(61,62)63)93-50(42(84-11)33(29)80-7)99-36-34(81-8)44(86-13)52(102-39(36)46(54)55)98-30-24(18-90-108(64,65)66)94-53(45(105-111(73,74)75)38(30)104-110(70,71)72)100-37-35(82-9)43(85-12)51(101-40(37)47(56)57)96-28-22(16-88-106(58,59)60)87-15-25(27(28)77-4)103-109(67,68)69/h19-57H,14-18H2,1-13H3,(H,58,59,60)(H,61,62,63)(H,64,65,66)(H,67,68,69)(H,70,71,72)(H,73,74,75)/t19-,20-,21+,22-,23-,24-,25+,26-,27-,28-,29-,30-,31-,32+,33+,34+,35+,36+,37+,38+,39+,40-,41-,42-,43-,44-,45-,48?,49+,50-,51-,52-,53-/m1/s1. The highest BCUT2D eigenvalue weighted by atomic mass is 32.3. The normalized spacial score (nSPS) is 40.8. The summed E-state index contributed by atoms with van der Waals surface area (Å²) in [4.78, 5) is 0. The quantitative estimate of drug-likeness (QED) is 0.0201. The molecule has 7 saturated heterocycles. The molecule has 0 aromatic carbocycles. The fourth-order valence-electron chi connectivity index (χ4n) is 13.7. The van der Waals surface area contributed by atoms with E-state index >= 15 is 0 Å². The first-order valence-corrected chi connectivity index (χ1v) is 40.8. The van der Waals surface area contributed by atoms with Gasteiger partial charge in [0.15, 0.2) is 56.4 Å². The zero-order valence-electron chi connectivity index (χ0n) is 60.8.